The molecule has 0 saturated carbocycles. The molecule has 0 fully saturated rings. The van der Waals surface area contributed by atoms with E-state index in [0.717, 1.165) is 10.9 Å². The van der Waals surface area contributed by atoms with E-state index in [-0.39, 0.29) is 17.1 Å². The second-order valence-corrected chi connectivity index (χ2v) is 4.23. The summed E-state index contributed by atoms with van der Waals surface area (Å²) in [6.07, 6.45) is 2.92. The molecule has 6 nitrogen and oxygen atoms in total. The molecule has 0 saturated heterocycles. The molecule has 19 heavy (non-hydrogen) atoms. The Morgan fingerprint density at radius 2 is 2.21 bits per heavy atom. The number of fused-ring (bicyclic) bond motifs is 1. The molecule has 3 aromatic rings. The summed E-state index contributed by atoms with van der Waals surface area (Å²) in [6.45, 7) is 0. The number of hydrogen-bond acceptors (Lipinski definition) is 4. The van der Waals surface area contributed by atoms with Crippen LogP contribution in [-0.2, 0) is 7.05 Å². The van der Waals surface area contributed by atoms with Crippen molar-refractivity contribution in [3.63, 3.8) is 0 Å². The smallest absolute Gasteiger partial charge is 0.341 e. The van der Waals surface area contributed by atoms with Gasteiger partial charge in [-0.25, -0.2) is 4.79 Å². The fraction of sp³-hybridized carbons (Fsp3) is 0.0769. The first-order valence-corrected chi connectivity index (χ1v) is 5.54. The highest BCUT2D eigenvalue weighted by atomic mass is 16.5. The Bertz CT molecular complexity index is 785. The minimum Gasteiger partial charge on any atom is -0.508 e. The summed E-state index contributed by atoms with van der Waals surface area (Å²) >= 11 is 0. The molecule has 0 bridgehead atoms. The van der Waals surface area contributed by atoms with Crippen molar-refractivity contribution < 1.29 is 19.5 Å². The average molecular weight is 258 g/mol. The van der Waals surface area contributed by atoms with Crippen LogP contribution in [0.2, 0.25) is 0 Å². The van der Waals surface area contributed by atoms with Crippen LogP contribution in [0.4, 0.5) is 0 Å². The SMILES string of the molecule is Cn1cc(-c2oncc2C(=O)O)c2ccc(O)cc21. The maximum Gasteiger partial charge on any atom is 0.341 e. The molecule has 0 radical (unpaired) electrons. The van der Waals surface area contributed by atoms with Crippen LogP contribution in [-0.4, -0.2) is 25.9 Å². The van der Waals surface area contributed by atoms with Gasteiger partial charge in [0.05, 0.1) is 11.7 Å². The highest BCUT2D eigenvalue weighted by Gasteiger charge is 2.20. The van der Waals surface area contributed by atoms with Gasteiger partial charge in [-0.15, -0.1) is 0 Å². The van der Waals surface area contributed by atoms with E-state index >= 15 is 0 Å². The Morgan fingerprint density at radius 1 is 1.42 bits per heavy atom. The number of aryl methyl sites for hydroxylation is 1. The van der Waals surface area contributed by atoms with Gasteiger partial charge in [0, 0.05) is 30.3 Å². The molecule has 0 aliphatic carbocycles. The summed E-state index contributed by atoms with van der Waals surface area (Å²) in [6, 6.07) is 4.87. The van der Waals surface area contributed by atoms with Gasteiger partial charge in [0.2, 0.25) is 0 Å². The summed E-state index contributed by atoms with van der Waals surface area (Å²) in [5.74, 6) is -0.730. The minimum atomic E-state index is -1.09. The van der Waals surface area contributed by atoms with Crippen LogP contribution in [0.1, 0.15) is 10.4 Å². The van der Waals surface area contributed by atoms with E-state index < -0.39 is 5.97 Å². The quantitative estimate of drug-likeness (QED) is 0.735. The van der Waals surface area contributed by atoms with Crippen LogP contribution in [0.3, 0.4) is 0 Å². The number of carboxylic acid groups (broad SMARTS) is 1. The standard InChI is InChI=1S/C13H10N2O4/c1-15-6-10(8-3-2-7(16)4-11(8)15)12-9(13(17)18)5-14-19-12/h2-6,16H,1H3,(H,17,18). The van der Waals surface area contributed by atoms with Gasteiger partial charge < -0.3 is 19.3 Å². The number of benzene rings is 1. The van der Waals surface area contributed by atoms with Gasteiger partial charge in [-0.3, -0.25) is 0 Å². The normalized spacial score (nSPS) is 11.0. The van der Waals surface area contributed by atoms with Crippen molar-refractivity contribution in [2.24, 2.45) is 7.05 Å². The van der Waals surface area contributed by atoms with Gasteiger partial charge in [0.1, 0.15) is 11.3 Å². The predicted octanol–water partition coefficient (Wildman–Crippen LogP) is 2.24. The lowest BCUT2D eigenvalue weighted by atomic mass is 10.1. The lowest BCUT2D eigenvalue weighted by Gasteiger charge is -1.97. The molecule has 2 N–H and O–H groups in total. The van der Waals surface area contributed by atoms with Crippen molar-refractivity contribution in [2.75, 3.05) is 0 Å². The lowest BCUT2D eigenvalue weighted by molar-refractivity contribution is 0.0697. The van der Waals surface area contributed by atoms with Gasteiger partial charge in [0.15, 0.2) is 5.76 Å². The summed E-state index contributed by atoms with van der Waals surface area (Å²) in [5.41, 5.74) is 1.43. The molecular formula is C13H10N2O4. The molecule has 96 valence electrons. The number of phenols is 1. The van der Waals surface area contributed by atoms with Gasteiger partial charge in [-0.05, 0) is 12.1 Å². The van der Waals surface area contributed by atoms with E-state index in [1.807, 2.05) is 7.05 Å². The van der Waals surface area contributed by atoms with Crippen molar-refractivity contribution in [3.8, 4) is 17.1 Å². The van der Waals surface area contributed by atoms with Crippen LogP contribution in [0.5, 0.6) is 5.75 Å². The fourth-order valence-corrected chi connectivity index (χ4v) is 2.14. The molecule has 0 atom stereocenters. The first-order valence-electron chi connectivity index (χ1n) is 5.54. The van der Waals surface area contributed by atoms with Crippen LogP contribution in [0.25, 0.3) is 22.2 Å². The Kier molecular flexibility index (Phi) is 2.31. The number of nitrogens with zero attached hydrogens (tertiary/aromatic N) is 2. The van der Waals surface area contributed by atoms with Gasteiger partial charge in [-0.1, -0.05) is 5.16 Å². The first-order chi connectivity index (χ1) is 9.08. The van der Waals surface area contributed by atoms with E-state index in [1.54, 1.807) is 29.0 Å². The number of hydrogen-bond donors (Lipinski definition) is 2. The minimum absolute atomic E-state index is 0.0144. The zero-order chi connectivity index (χ0) is 13.6. The largest absolute Gasteiger partial charge is 0.508 e. The second kappa shape index (κ2) is 3.88. The predicted molar refractivity (Wildman–Crippen MR) is 67.0 cm³/mol. The van der Waals surface area contributed by atoms with Crippen LogP contribution < -0.4 is 0 Å². The molecule has 0 aliphatic heterocycles. The summed E-state index contributed by atoms with van der Waals surface area (Å²) in [5, 5.41) is 22.9. The zero-order valence-electron chi connectivity index (χ0n) is 9.99. The third-order valence-electron chi connectivity index (χ3n) is 3.02. The summed E-state index contributed by atoms with van der Waals surface area (Å²) in [7, 11) is 1.81. The number of aromatic carboxylic acids is 1. The van der Waals surface area contributed by atoms with E-state index in [2.05, 4.69) is 5.16 Å². The van der Waals surface area contributed by atoms with Gasteiger partial charge in [0.25, 0.3) is 0 Å². The number of carboxylic acids is 1. The summed E-state index contributed by atoms with van der Waals surface area (Å²) < 4.78 is 6.85. The number of rotatable bonds is 2. The third-order valence-corrected chi connectivity index (χ3v) is 3.02. The molecule has 1 aromatic carbocycles. The molecule has 0 amide bonds. The number of aromatic nitrogens is 2. The monoisotopic (exact) mass is 258 g/mol. The van der Waals surface area contributed by atoms with E-state index in [0.29, 0.717) is 5.56 Å². The second-order valence-electron chi connectivity index (χ2n) is 4.23. The van der Waals surface area contributed by atoms with E-state index in [9.17, 15) is 9.90 Å². The Labute approximate surface area is 107 Å². The first kappa shape index (κ1) is 11.3. The molecule has 0 spiro atoms. The van der Waals surface area contributed by atoms with Crippen molar-refractivity contribution >= 4 is 16.9 Å². The number of carbonyl (C=O) groups is 1. The van der Waals surface area contributed by atoms with Crippen molar-refractivity contribution in [1.29, 1.82) is 0 Å². The topological polar surface area (TPSA) is 88.5 Å². The maximum atomic E-state index is 11.1. The van der Waals surface area contributed by atoms with Gasteiger partial charge in [-0.2, -0.15) is 0 Å². The average Bonchev–Trinajstić information content (AvgIpc) is 2.94. The highest BCUT2D eigenvalue weighted by Crippen LogP contribution is 2.33. The van der Waals surface area contributed by atoms with E-state index in [4.69, 9.17) is 9.63 Å². The van der Waals surface area contributed by atoms with Crippen molar-refractivity contribution in [2.45, 2.75) is 0 Å². The molecule has 0 aliphatic rings. The highest BCUT2D eigenvalue weighted by molar-refractivity contribution is 6.01. The molecule has 2 heterocycles. The number of aromatic hydroxyl groups is 1. The number of phenolic OH excluding ortho intramolecular Hbond substituents is 1. The van der Waals surface area contributed by atoms with Crippen LogP contribution in [0.15, 0.2) is 35.1 Å². The van der Waals surface area contributed by atoms with Gasteiger partial charge >= 0.3 is 5.97 Å². The molecular weight excluding hydrogens is 248 g/mol. The molecule has 0 unspecified atom stereocenters. The summed E-state index contributed by atoms with van der Waals surface area (Å²) in [4.78, 5) is 11.1. The van der Waals surface area contributed by atoms with Crippen molar-refractivity contribution in [3.05, 3.63) is 36.2 Å². The molecule has 2 aromatic heterocycles. The molecule has 3 rings (SSSR count). The van der Waals surface area contributed by atoms with Crippen LogP contribution in [0, 0.1) is 0 Å². The Balaban J connectivity index is 2.31. The van der Waals surface area contributed by atoms with Crippen LogP contribution >= 0.6 is 0 Å². The van der Waals surface area contributed by atoms with E-state index in [1.165, 1.54) is 6.20 Å². The molecule has 6 heteroatoms. The van der Waals surface area contributed by atoms with Crippen molar-refractivity contribution in [1.82, 2.24) is 9.72 Å². The third kappa shape index (κ3) is 1.65. The fourth-order valence-electron chi connectivity index (χ4n) is 2.14. The lowest BCUT2D eigenvalue weighted by Crippen LogP contribution is -1.95. The zero-order valence-corrected chi connectivity index (χ0v) is 9.99. The Morgan fingerprint density at radius 3 is 2.95 bits per heavy atom. The Hall–Kier alpha value is -2.76. The maximum absolute atomic E-state index is 11.1.